The predicted octanol–water partition coefficient (Wildman–Crippen LogP) is 5.57. The standard InChI is InChI=1S/C16H19ClFNS/c1-9-7-14(12(4)20-9)11(3)19-10(2)13-5-6-16(18)15(17)8-13/h5-8,10-11,19H,1-4H3. The smallest absolute Gasteiger partial charge is 0.141 e. The van der Waals surface area contributed by atoms with E-state index in [1.807, 2.05) is 11.3 Å². The van der Waals surface area contributed by atoms with Crippen LogP contribution in [0.5, 0.6) is 0 Å². The van der Waals surface area contributed by atoms with Gasteiger partial charge in [-0.05, 0) is 57.0 Å². The second-order valence-corrected chi connectivity index (χ2v) is 7.02. The van der Waals surface area contributed by atoms with Gasteiger partial charge in [0.05, 0.1) is 5.02 Å². The zero-order valence-corrected chi connectivity index (χ0v) is 13.7. The molecule has 1 aromatic carbocycles. The normalized spacial score (nSPS) is 14.3. The molecule has 0 aliphatic rings. The molecule has 2 rings (SSSR count). The maximum Gasteiger partial charge on any atom is 0.141 e. The molecule has 4 heteroatoms. The maximum atomic E-state index is 13.2. The van der Waals surface area contributed by atoms with E-state index in [1.54, 1.807) is 12.1 Å². The lowest BCUT2D eigenvalue weighted by Crippen LogP contribution is -2.22. The quantitative estimate of drug-likeness (QED) is 0.778. The number of hydrogen-bond donors (Lipinski definition) is 1. The van der Waals surface area contributed by atoms with Gasteiger partial charge in [0.1, 0.15) is 5.82 Å². The van der Waals surface area contributed by atoms with Gasteiger partial charge in [0.15, 0.2) is 0 Å². The van der Waals surface area contributed by atoms with Crippen molar-refractivity contribution < 1.29 is 4.39 Å². The van der Waals surface area contributed by atoms with Gasteiger partial charge in [-0.1, -0.05) is 17.7 Å². The van der Waals surface area contributed by atoms with E-state index in [4.69, 9.17) is 11.6 Å². The first-order valence-electron chi connectivity index (χ1n) is 6.66. The molecule has 20 heavy (non-hydrogen) atoms. The number of benzene rings is 1. The van der Waals surface area contributed by atoms with E-state index < -0.39 is 0 Å². The van der Waals surface area contributed by atoms with Crippen LogP contribution in [0.15, 0.2) is 24.3 Å². The van der Waals surface area contributed by atoms with Gasteiger partial charge in [0.25, 0.3) is 0 Å². The first-order valence-corrected chi connectivity index (χ1v) is 7.86. The highest BCUT2D eigenvalue weighted by Gasteiger charge is 2.15. The zero-order chi connectivity index (χ0) is 14.9. The van der Waals surface area contributed by atoms with E-state index in [2.05, 4.69) is 39.1 Å². The summed E-state index contributed by atoms with van der Waals surface area (Å²) in [6, 6.07) is 7.47. The third kappa shape index (κ3) is 3.40. The minimum absolute atomic E-state index is 0.114. The molecule has 1 nitrogen and oxygen atoms in total. The Kier molecular flexibility index (Phi) is 4.84. The molecule has 0 saturated heterocycles. The largest absolute Gasteiger partial charge is 0.304 e. The zero-order valence-electron chi connectivity index (χ0n) is 12.1. The van der Waals surface area contributed by atoms with Crippen LogP contribution in [-0.4, -0.2) is 0 Å². The molecule has 0 radical (unpaired) electrons. The SMILES string of the molecule is Cc1cc(C(C)NC(C)c2ccc(F)c(Cl)c2)c(C)s1. The lowest BCUT2D eigenvalue weighted by atomic mass is 10.0. The first kappa shape index (κ1) is 15.5. The Labute approximate surface area is 128 Å². The number of halogens is 2. The van der Waals surface area contributed by atoms with E-state index in [9.17, 15) is 4.39 Å². The molecule has 108 valence electrons. The fourth-order valence-electron chi connectivity index (χ4n) is 2.42. The molecule has 2 aromatic rings. The Balaban J connectivity index is 2.12. The molecule has 1 heterocycles. The van der Waals surface area contributed by atoms with Gasteiger partial charge in [0, 0.05) is 21.8 Å². The van der Waals surface area contributed by atoms with Crippen LogP contribution in [0.25, 0.3) is 0 Å². The third-order valence-corrected chi connectivity index (χ3v) is 4.76. The van der Waals surface area contributed by atoms with Crippen LogP contribution in [0.3, 0.4) is 0 Å². The lowest BCUT2D eigenvalue weighted by Gasteiger charge is -2.21. The highest BCUT2D eigenvalue weighted by molar-refractivity contribution is 7.12. The minimum atomic E-state index is -0.375. The van der Waals surface area contributed by atoms with E-state index in [1.165, 1.54) is 21.4 Å². The van der Waals surface area contributed by atoms with Crippen molar-refractivity contribution in [1.29, 1.82) is 0 Å². The number of nitrogens with one attached hydrogen (secondary N) is 1. The van der Waals surface area contributed by atoms with Crippen molar-refractivity contribution >= 4 is 22.9 Å². The highest BCUT2D eigenvalue weighted by Crippen LogP contribution is 2.28. The second-order valence-electron chi connectivity index (χ2n) is 5.15. The van der Waals surface area contributed by atoms with E-state index in [0.717, 1.165) is 5.56 Å². The number of hydrogen-bond acceptors (Lipinski definition) is 2. The summed E-state index contributed by atoms with van der Waals surface area (Å²) in [4.78, 5) is 2.66. The van der Waals surface area contributed by atoms with E-state index >= 15 is 0 Å². The van der Waals surface area contributed by atoms with Crippen molar-refractivity contribution in [1.82, 2.24) is 5.32 Å². The van der Waals surface area contributed by atoms with Crippen molar-refractivity contribution in [2.24, 2.45) is 0 Å². The molecule has 0 aliphatic carbocycles. The first-order chi connectivity index (χ1) is 9.38. The summed E-state index contributed by atoms with van der Waals surface area (Å²) in [5.74, 6) is -0.375. The van der Waals surface area contributed by atoms with Gasteiger partial charge in [-0.3, -0.25) is 0 Å². The molecular weight excluding hydrogens is 293 g/mol. The number of thiophene rings is 1. The van der Waals surface area contributed by atoms with Gasteiger partial charge in [0.2, 0.25) is 0 Å². The molecule has 2 atom stereocenters. The van der Waals surface area contributed by atoms with E-state index in [0.29, 0.717) is 0 Å². The van der Waals surface area contributed by atoms with Crippen LogP contribution in [0.2, 0.25) is 5.02 Å². The predicted molar refractivity (Wildman–Crippen MR) is 85.2 cm³/mol. The molecule has 1 aromatic heterocycles. The Morgan fingerprint density at radius 2 is 1.85 bits per heavy atom. The summed E-state index contributed by atoms with van der Waals surface area (Å²) in [5, 5.41) is 3.71. The topological polar surface area (TPSA) is 12.0 Å². The average Bonchev–Trinajstić information content (AvgIpc) is 2.71. The van der Waals surface area contributed by atoms with Crippen LogP contribution in [-0.2, 0) is 0 Å². The summed E-state index contributed by atoms with van der Waals surface area (Å²) in [5.41, 5.74) is 2.32. The van der Waals surface area contributed by atoms with Gasteiger partial charge in [-0.2, -0.15) is 0 Å². The minimum Gasteiger partial charge on any atom is -0.304 e. The molecule has 0 amide bonds. The lowest BCUT2D eigenvalue weighted by molar-refractivity contribution is 0.493. The molecule has 0 saturated carbocycles. The Morgan fingerprint density at radius 3 is 2.40 bits per heavy atom. The third-order valence-electron chi connectivity index (χ3n) is 3.49. The Hall–Kier alpha value is -0.900. The van der Waals surface area contributed by atoms with Gasteiger partial charge >= 0.3 is 0 Å². The molecule has 2 unspecified atom stereocenters. The molecule has 1 N–H and O–H groups in total. The molecule has 0 fully saturated rings. The number of rotatable bonds is 4. The van der Waals surface area contributed by atoms with Gasteiger partial charge in [-0.25, -0.2) is 4.39 Å². The van der Waals surface area contributed by atoms with Crippen LogP contribution < -0.4 is 5.32 Å². The average molecular weight is 312 g/mol. The summed E-state index contributed by atoms with van der Waals surface area (Å²) < 4.78 is 13.2. The molecule has 0 bridgehead atoms. The summed E-state index contributed by atoms with van der Waals surface area (Å²) in [7, 11) is 0. The summed E-state index contributed by atoms with van der Waals surface area (Å²) in [6.07, 6.45) is 0. The molecular formula is C16H19ClFNS. The van der Waals surface area contributed by atoms with Crippen LogP contribution in [0.4, 0.5) is 4.39 Å². The van der Waals surface area contributed by atoms with Crippen molar-refractivity contribution in [3.05, 3.63) is 56.0 Å². The maximum absolute atomic E-state index is 13.2. The number of aryl methyl sites for hydroxylation is 2. The summed E-state index contributed by atoms with van der Waals surface area (Å²) in [6.45, 7) is 8.48. The second kappa shape index (κ2) is 6.25. The van der Waals surface area contributed by atoms with Crippen molar-refractivity contribution in [3.63, 3.8) is 0 Å². The Morgan fingerprint density at radius 1 is 1.15 bits per heavy atom. The van der Waals surface area contributed by atoms with Crippen LogP contribution >= 0.6 is 22.9 Å². The van der Waals surface area contributed by atoms with Gasteiger partial charge < -0.3 is 5.32 Å². The monoisotopic (exact) mass is 311 g/mol. The fourth-order valence-corrected chi connectivity index (χ4v) is 3.63. The summed E-state index contributed by atoms with van der Waals surface area (Å²) >= 11 is 7.65. The van der Waals surface area contributed by atoms with Crippen molar-refractivity contribution in [2.45, 2.75) is 39.8 Å². The van der Waals surface area contributed by atoms with Crippen LogP contribution in [0.1, 0.15) is 46.8 Å². The van der Waals surface area contributed by atoms with Crippen molar-refractivity contribution in [3.8, 4) is 0 Å². The van der Waals surface area contributed by atoms with Gasteiger partial charge in [-0.15, -0.1) is 11.3 Å². The highest BCUT2D eigenvalue weighted by atomic mass is 35.5. The van der Waals surface area contributed by atoms with Crippen molar-refractivity contribution in [2.75, 3.05) is 0 Å². The molecule has 0 spiro atoms. The van der Waals surface area contributed by atoms with Crippen LogP contribution in [0, 0.1) is 19.7 Å². The molecule has 0 aliphatic heterocycles. The Bertz CT molecular complexity index is 609. The fraction of sp³-hybridized carbons (Fsp3) is 0.375. The van der Waals surface area contributed by atoms with E-state index in [-0.39, 0.29) is 22.9 Å².